The molecule has 0 aliphatic rings. The molecule has 0 saturated heterocycles. The summed E-state index contributed by atoms with van der Waals surface area (Å²) in [4.78, 5) is 16.4. The van der Waals surface area contributed by atoms with Crippen LogP contribution in [-0.2, 0) is 0 Å². The number of nitrogens with one attached hydrogen (secondary N) is 1. The first-order chi connectivity index (χ1) is 9.37. The van der Waals surface area contributed by atoms with Crippen molar-refractivity contribution in [3.05, 3.63) is 22.7 Å². The number of anilines is 1. The van der Waals surface area contributed by atoms with Gasteiger partial charge in [-0.25, -0.2) is 4.98 Å². The summed E-state index contributed by atoms with van der Waals surface area (Å²) in [7, 11) is 0. The minimum absolute atomic E-state index is 0.0353. The monoisotopic (exact) mass is 279 g/mol. The molecule has 0 amide bonds. The maximum atomic E-state index is 12.2. The molecule has 1 aromatic rings. The first-order valence-corrected chi connectivity index (χ1v) is 7.68. The summed E-state index contributed by atoms with van der Waals surface area (Å²) in [5.41, 5.74) is 0.147. The van der Waals surface area contributed by atoms with E-state index in [1.807, 2.05) is 13.8 Å². The lowest BCUT2D eigenvalue weighted by molar-refractivity contribution is 0.342. The summed E-state index contributed by atoms with van der Waals surface area (Å²) in [5.74, 6) is 0.463. The second-order valence-electron chi connectivity index (χ2n) is 6.56. The Kier molecular flexibility index (Phi) is 6.24. The van der Waals surface area contributed by atoms with Crippen molar-refractivity contribution in [2.45, 2.75) is 66.3 Å². The van der Waals surface area contributed by atoms with E-state index in [1.165, 1.54) is 25.7 Å². The summed E-state index contributed by atoms with van der Waals surface area (Å²) in [6.07, 6.45) is 8.34. The van der Waals surface area contributed by atoms with Gasteiger partial charge in [0.25, 0.3) is 5.56 Å². The normalized spacial score (nSPS) is 11.9. The van der Waals surface area contributed by atoms with Crippen LogP contribution in [0.25, 0.3) is 0 Å². The van der Waals surface area contributed by atoms with Crippen molar-refractivity contribution in [1.29, 1.82) is 0 Å². The molecular formula is C16H29N3O. The fourth-order valence-corrected chi connectivity index (χ4v) is 2.22. The third kappa shape index (κ3) is 4.99. The van der Waals surface area contributed by atoms with Crippen LogP contribution in [0.5, 0.6) is 0 Å². The zero-order valence-corrected chi connectivity index (χ0v) is 13.6. The van der Waals surface area contributed by atoms with Crippen molar-refractivity contribution in [2.75, 3.05) is 11.9 Å². The van der Waals surface area contributed by atoms with Gasteiger partial charge in [0.15, 0.2) is 5.82 Å². The van der Waals surface area contributed by atoms with Gasteiger partial charge in [0, 0.05) is 25.0 Å². The van der Waals surface area contributed by atoms with Crippen LogP contribution in [0.3, 0.4) is 0 Å². The van der Waals surface area contributed by atoms with Crippen molar-refractivity contribution in [2.24, 2.45) is 5.41 Å². The Morgan fingerprint density at radius 3 is 2.65 bits per heavy atom. The topological polar surface area (TPSA) is 46.9 Å². The van der Waals surface area contributed by atoms with Crippen molar-refractivity contribution in [3.8, 4) is 0 Å². The smallest absolute Gasteiger partial charge is 0.293 e. The minimum atomic E-state index is -0.0353. The Morgan fingerprint density at radius 1 is 1.35 bits per heavy atom. The van der Waals surface area contributed by atoms with E-state index in [1.54, 1.807) is 17.0 Å². The first-order valence-electron chi connectivity index (χ1n) is 7.68. The molecule has 0 aliphatic heterocycles. The first kappa shape index (κ1) is 16.7. The molecule has 0 atom stereocenters. The number of nitrogens with zero attached hydrogens (tertiary/aromatic N) is 2. The number of unbranched alkanes of at least 4 members (excludes halogenated alkanes) is 2. The predicted molar refractivity (Wildman–Crippen MR) is 85.3 cm³/mol. The Labute approximate surface area is 122 Å². The molecule has 0 saturated carbocycles. The number of rotatable bonds is 8. The minimum Gasteiger partial charge on any atom is -0.365 e. The fourth-order valence-electron chi connectivity index (χ4n) is 2.22. The van der Waals surface area contributed by atoms with Crippen LogP contribution in [0.15, 0.2) is 17.2 Å². The molecule has 0 aromatic carbocycles. The Balaban J connectivity index is 2.66. The lowest BCUT2D eigenvalue weighted by Crippen LogP contribution is -2.30. The van der Waals surface area contributed by atoms with E-state index in [0.29, 0.717) is 5.82 Å². The molecule has 20 heavy (non-hydrogen) atoms. The molecule has 1 aromatic heterocycles. The second kappa shape index (κ2) is 7.46. The van der Waals surface area contributed by atoms with Gasteiger partial charge >= 0.3 is 0 Å². The van der Waals surface area contributed by atoms with Gasteiger partial charge in [-0.1, -0.05) is 40.0 Å². The van der Waals surface area contributed by atoms with Crippen LogP contribution < -0.4 is 10.9 Å². The maximum Gasteiger partial charge on any atom is 0.293 e. The molecule has 0 fully saturated rings. The zero-order valence-electron chi connectivity index (χ0n) is 13.6. The maximum absolute atomic E-state index is 12.2. The zero-order chi connectivity index (χ0) is 15.2. The molecular weight excluding hydrogens is 250 g/mol. The molecule has 4 nitrogen and oxygen atoms in total. The van der Waals surface area contributed by atoms with Crippen LogP contribution in [0, 0.1) is 5.41 Å². The van der Waals surface area contributed by atoms with E-state index in [-0.39, 0.29) is 17.0 Å². The molecule has 1 N–H and O–H groups in total. The highest BCUT2D eigenvalue weighted by atomic mass is 16.1. The summed E-state index contributed by atoms with van der Waals surface area (Å²) in [6, 6.07) is 0.156. The Bertz CT molecular complexity index is 463. The molecule has 0 bridgehead atoms. The fraction of sp³-hybridized carbons (Fsp3) is 0.750. The number of aromatic nitrogens is 2. The van der Waals surface area contributed by atoms with Crippen molar-refractivity contribution in [3.63, 3.8) is 0 Å². The van der Waals surface area contributed by atoms with E-state index in [4.69, 9.17) is 0 Å². The van der Waals surface area contributed by atoms with Crippen molar-refractivity contribution >= 4 is 5.82 Å². The lowest BCUT2D eigenvalue weighted by Gasteiger charge is -2.25. The summed E-state index contributed by atoms with van der Waals surface area (Å²) >= 11 is 0. The summed E-state index contributed by atoms with van der Waals surface area (Å²) < 4.78 is 1.71. The van der Waals surface area contributed by atoms with E-state index >= 15 is 0 Å². The Morgan fingerprint density at radius 2 is 2.05 bits per heavy atom. The molecule has 0 aliphatic carbocycles. The third-order valence-electron chi connectivity index (χ3n) is 3.62. The largest absolute Gasteiger partial charge is 0.365 e. The lowest BCUT2D eigenvalue weighted by atomic mass is 9.87. The quantitative estimate of drug-likeness (QED) is 0.735. The SMILES string of the molecule is CCCCCC(C)(C)CNc1nccn(C(C)C)c1=O. The molecule has 114 valence electrons. The average molecular weight is 279 g/mol. The summed E-state index contributed by atoms with van der Waals surface area (Å²) in [5, 5.41) is 3.23. The van der Waals surface area contributed by atoms with Crippen LogP contribution in [0.4, 0.5) is 5.82 Å². The van der Waals surface area contributed by atoms with Gasteiger partial charge in [-0.2, -0.15) is 0 Å². The van der Waals surface area contributed by atoms with Gasteiger partial charge < -0.3 is 9.88 Å². The van der Waals surface area contributed by atoms with Crippen molar-refractivity contribution < 1.29 is 0 Å². The van der Waals surface area contributed by atoms with Crippen LogP contribution in [-0.4, -0.2) is 16.1 Å². The third-order valence-corrected chi connectivity index (χ3v) is 3.62. The second-order valence-corrected chi connectivity index (χ2v) is 6.56. The van der Waals surface area contributed by atoms with Crippen LogP contribution in [0.2, 0.25) is 0 Å². The molecule has 1 rings (SSSR count). The van der Waals surface area contributed by atoms with E-state index in [2.05, 4.69) is 31.1 Å². The molecule has 1 heterocycles. The molecule has 0 unspecified atom stereocenters. The number of hydrogen-bond donors (Lipinski definition) is 1. The van der Waals surface area contributed by atoms with Gasteiger partial charge in [0.2, 0.25) is 0 Å². The number of hydrogen-bond acceptors (Lipinski definition) is 3. The summed E-state index contributed by atoms with van der Waals surface area (Å²) in [6.45, 7) is 11.5. The molecule has 0 radical (unpaired) electrons. The van der Waals surface area contributed by atoms with Crippen molar-refractivity contribution in [1.82, 2.24) is 9.55 Å². The van der Waals surface area contributed by atoms with Crippen LogP contribution in [0.1, 0.15) is 66.3 Å². The molecule has 0 spiro atoms. The average Bonchev–Trinajstić information content (AvgIpc) is 2.37. The highest BCUT2D eigenvalue weighted by Crippen LogP contribution is 2.23. The van der Waals surface area contributed by atoms with E-state index in [0.717, 1.165) is 6.54 Å². The van der Waals surface area contributed by atoms with Gasteiger partial charge in [-0.05, 0) is 25.7 Å². The highest BCUT2D eigenvalue weighted by molar-refractivity contribution is 5.31. The van der Waals surface area contributed by atoms with Gasteiger partial charge in [0.05, 0.1) is 0 Å². The van der Waals surface area contributed by atoms with E-state index in [9.17, 15) is 4.79 Å². The van der Waals surface area contributed by atoms with Gasteiger partial charge in [-0.15, -0.1) is 0 Å². The van der Waals surface area contributed by atoms with E-state index < -0.39 is 0 Å². The molecule has 4 heteroatoms. The van der Waals surface area contributed by atoms with Crippen LogP contribution >= 0.6 is 0 Å². The predicted octanol–water partition coefficient (Wildman–Crippen LogP) is 3.84. The Hall–Kier alpha value is -1.32. The van der Waals surface area contributed by atoms with Gasteiger partial charge in [0.1, 0.15) is 0 Å². The standard InChI is InChI=1S/C16H29N3O/c1-6-7-8-9-16(4,5)12-18-14-15(20)19(13(2)3)11-10-17-14/h10-11,13H,6-9,12H2,1-5H3,(H,17,18). The highest BCUT2D eigenvalue weighted by Gasteiger charge is 2.18. The van der Waals surface area contributed by atoms with Gasteiger partial charge in [-0.3, -0.25) is 4.79 Å².